The first-order valence-electron chi connectivity index (χ1n) is 6.16. The van der Waals surface area contributed by atoms with Gasteiger partial charge in [-0.15, -0.1) is 0 Å². The van der Waals surface area contributed by atoms with E-state index in [1.807, 2.05) is 0 Å². The number of alkyl halides is 9. The molecule has 1 atom stereocenters. The van der Waals surface area contributed by atoms with Crippen LogP contribution in [-0.4, -0.2) is 18.0 Å². The Bertz CT molecular complexity index is 533. The van der Waals surface area contributed by atoms with Crippen molar-refractivity contribution < 1.29 is 44.6 Å². The first-order valence-corrected chi connectivity index (χ1v) is 6.16. The molecule has 0 aromatic heterocycles. The van der Waals surface area contributed by atoms with Crippen LogP contribution in [0.15, 0.2) is 24.3 Å². The minimum atomic E-state index is -6.94. The van der Waals surface area contributed by atoms with Crippen molar-refractivity contribution in [3.8, 4) is 0 Å². The molecule has 131 valence electrons. The molecule has 0 heterocycles. The third-order valence-electron chi connectivity index (χ3n) is 3.16. The molecule has 0 saturated carbocycles. The molecule has 0 N–H and O–H groups in total. The first-order chi connectivity index (χ1) is 10.2. The molecule has 0 aliphatic carbocycles. The molecular formula is C13H10F9O. The second kappa shape index (κ2) is 5.88. The molecule has 0 amide bonds. The topological polar surface area (TPSA) is 19.9 Å². The van der Waals surface area contributed by atoms with Gasteiger partial charge in [0.2, 0.25) is 0 Å². The number of rotatable bonds is 5. The summed E-state index contributed by atoms with van der Waals surface area (Å²) in [7, 11) is 0. The smallest absolute Gasteiger partial charge is 0.228 e. The van der Waals surface area contributed by atoms with Crippen molar-refractivity contribution in [2.24, 2.45) is 0 Å². The van der Waals surface area contributed by atoms with Gasteiger partial charge >= 0.3 is 23.9 Å². The van der Waals surface area contributed by atoms with Gasteiger partial charge in [0.1, 0.15) is 6.10 Å². The molecular weight excluding hydrogens is 343 g/mol. The Morgan fingerprint density at radius 1 is 0.826 bits per heavy atom. The molecule has 1 aromatic carbocycles. The highest BCUT2D eigenvalue weighted by Gasteiger charge is 2.81. The van der Waals surface area contributed by atoms with Crippen molar-refractivity contribution in [2.45, 2.75) is 43.4 Å². The van der Waals surface area contributed by atoms with E-state index in [1.165, 1.54) is 6.92 Å². The Hall–Kier alpha value is -1.45. The Morgan fingerprint density at radius 2 is 1.26 bits per heavy atom. The van der Waals surface area contributed by atoms with Crippen LogP contribution in [0.1, 0.15) is 30.6 Å². The van der Waals surface area contributed by atoms with Crippen molar-refractivity contribution in [3.05, 3.63) is 35.4 Å². The third kappa shape index (κ3) is 3.13. The van der Waals surface area contributed by atoms with Gasteiger partial charge in [-0.25, -0.2) is 5.11 Å². The van der Waals surface area contributed by atoms with Crippen molar-refractivity contribution in [1.29, 1.82) is 0 Å². The summed E-state index contributed by atoms with van der Waals surface area (Å²) in [5.74, 6) is -19.4. The maximum absolute atomic E-state index is 13.6. The van der Waals surface area contributed by atoms with E-state index in [4.69, 9.17) is 0 Å². The Kier molecular flexibility index (Phi) is 5.01. The van der Waals surface area contributed by atoms with E-state index in [9.17, 15) is 44.6 Å². The van der Waals surface area contributed by atoms with Gasteiger partial charge in [0.15, 0.2) is 0 Å². The van der Waals surface area contributed by atoms with E-state index in [0.29, 0.717) is 12.1 Å². The monoisotopic (exact) mass is 353 g/mol. The van der Waals surface area contributed by atoms with Crippen molar-refractivity contribution in [2.75, 3.05) is 0 Å². The lowest BCUT2D eigenvalue weighted by Gasteiger charge is -2.33. The van der Waals surface area contributed by atoms with Crippen LogP contribution in [0.4, 0.5) is 39.5 Å². The molecule has 23 heavy (non-hydrogen) atoms. The molecule has 1 radical (unpaired) electrons. The molecule has 0 saturated heterocycles. The highest BCUT2D eigenvalue weighted by Crippen LogP contribution is 2.56. The van der Waals surface area contributed by atoms with Crippen LogP contribution in [0, 0.1) is 0 Å². The van der Waals surface area contributed by atoms with Gasteiger partial charge in [0, 0.05) is 5.56 Å². The minimum Gasteiger partial charge on any atom is -0.228 e. The summed E-state index contributed by atoms with van der Waals surface area (Å²) in [6.07, 6.45) is -8.19. The number of hydrogen-bond donors (Lipinski definition) is 0. The fourth-order valence-electron chi connectivity index (χ4n) is 1.70. The fourth-order valence-corrected chi connectivity index (χ4v) is 1.70. The molecule has 0 aliphatic heterocycles. The molecule has 0 aliphatic rings. The number of hydrogen-bond acceptors (Lipinski definition) is 0. The van der Waals surface area contributed by atoms with Crippen LogP contribution in [0.2, 0.25) is 0 Å². The van der Waals surface area contributed by atoms with E-state index in [-0.39, 0.29) is 24.1 Å². The molecule has 1 aromatic rings. The third-order valence-corrected chi connectivity index (χ3v) is 3.16. The number of benzene rings is 1. The van der Waals surface area contributed by atoms with Gasteiger partial charge in [0.05, 0.1) is 0 Å². The van der Waals surface area contributed by atoms with Gasteiger partial charge < -0.3 is 0 Å². The summed E-state index contributed by atoms with van der Waals surface area (Å²) in [5.41, 5.74) is -1.84. The summed E-state index contributed by atoms with van der Waals surface area (Å²) in [6, 6.07) is 1.84. The molecule has 0 bridgehead atoms. The zero-order valence-electron chi connectivity index (χ0n) is 11.4. The molecule has 10 heteroatoms. The summed E-state index contributed by atoms with van der Waals surface area (Å²) >= 11 is 0. The van der Waals surface area contributed by atoms with Gasteiger partial charge in [-0.3, -0.25) is 0 Å². The molecule has 0 spiro atoms. The maximum Gasteiger partial charge on any atom is 0.460 e. The van der Waals surface area contributed by atoms with Crippen molar-refractivity contribution in [1.82, 2.24) is 0 Å². The Morgan fingerprint density at radius 3 is 1.61 bits per heavy atom. The van der Waals surface area contributed by atoms with E-state index >= 15 is 0 Å². The lowest BCUT2D eigenvalue weighted by molar-refractivity contribution is -0.399. The zero-order chi connectivity index (χ0) is 18.3. The van der Waals surface area contributed by atoms with Gasteiger partial charge in [-0.1, -0.05) is 31.2 Å². The molecule has 1 rings (SSSR count). The maximum atomic E-state index is 13.6. The standard InChI is InChI=1S/C13H10F9O/c1-2-9(23)7-3-5-8(6-4-7)10(14,15)11(16,17)12(18,19)13(20,21)22/h3-6,9H,2H2,1H3. The highest BCUT2D eigenvalue weighted by molar-refractivity contribution is 5.29. The highest BCUT2D eigenvalue weighted by atomic mass is 19.4. The average molecular weight is 353 g/mol. The largest absolute Gasteiger partial charge is 0.460 e. The zero-order valence-corrected chi connectivity index (χ0v) is 11.4. The lowest BCUT2D eigenvalue weighted by Crippen LogP contribution is -2.59. The second-order valence-corrected chi connectivity index (χ2v) is 4.74. The second-order valence-electron chi connectivity index (χ2n) is 4.74. The molecule has 1 nitrogen and oxygen atoms in total. The predicted octanol–water partition coefficient (Wildman–Crippen LogP) is 5.49. The number of halogens is 9. The van der Waals surface area contributed by atoms with Gasteiger partial charge in [-0.05, 0) is 12.0 Å². The predicted molar refractivity (Wildman–Crippen MR) is 60.0 cm³/mol. The lowest BCUT2D eigenvalue weighted by atomic mass is 9.95. The van der Waals surface area contributed by atoms with Crippen molar-refractivity contribution in [3.63, 3.8) is 0 Å². The summed E-state index contributed by atoms with van der Waals surface area (Å²) in [4.78, 5) is 0. The summed E-state index contributed by atoms with van der Waals surface area (Å²) in [5, 5.41) is 11.3. The van der Waals surface area contributed by atoms with Gasteiger partial charge in [-0.2, -0.15) is 39.5 Å². The van der Waals surface area contributed by atoms with Crippen LogP contribution in [-0.2, 0) is 11.0 Å². The normalized spacial score (nSPS) is 15.6. The van der Waals surface area contributed by atoms with E-state index < -0.39 is 35.6 Å². The van der Waals surface area contributed by atoms with Crippen LogP contribution in [0.3, 0.4) is 0 Å². The van der Waals surface area contributed by atoms with Crippen LogP contribution in [0.25, 0.3) is 0 Å². The van der Waals surface area contributed by atoms with Crippen molar-refractivity contribution >= 4 is 0 Å². The van der Waals surface area contributed by atoms with Gasteiger partial charge in [0.25, 0.3) is 0 Å². The summed E-state index contributed by atoms with van der Waals surface area (Å²) in [6.45, 7) is 1.46. The van der Waals surface area contributed by atoms with Crippen LogP contribution in [0.5, 0.6) is 0 Å². The summed E-state index contributed by atoms with van der Waals surface area (Å²) < 4.78 is 115. The molecule has 0 fully saturated rings. The Labute approximate surface area is 124 Å². The van der Waals surface area contributed by atoms with E-state index in [1.54, 1.807) is 0 Å². The Balaban J connectivity index is 3.29. The first kappa shape index (κ1) is 19.6. The van der Waals surface area contributed by atoms with E-state index in [0.717, 1.165) is 0 Å². The van der Waals surface area contributed by atoms with Crippen LogP contribution < -0.4 is 0 Å². The molecule has 1 unspecified atom stereocenters. The quantitative estimate of drug-likeness (QED) is 0.624. The average Bonchev–Trinajstić information content (AvgIpc) is 2.44. The van der Waals surface area contributed by atoms with E-state index in [2.05, 4.69) is 0 Å². The minimum absolute atomic E-state index is 0.0397. The van der Waals surface area contributed by atoms with Crippen LogP contribution >= 0.6 is 0 Å². The fraction of sp³-hybridized carbons (Fsp3) is 0.538. The SMILES string of the molecule is CCC([O])c1ccc(C(F)(F)C(F)(F)C(F)(F)C(F)(F)F)cc1.